The highest BCUT2D eigenvalue weighted by Crippen LogP contribution is 2.34. The molecule has 3 heterocycles. The quantitative estimate of drug-likeness (QED) is 0.342. The van der Waals surface area contributed by atoms with E-state index in [1.165, 1.54) is 6.08 Å². The average molecular weight is 501 g/mol. The second kappa shape index (κ2) is 8.72. The summed E-state index contributed by atoms with van der Waals surface area (Å²) in [5.74, 6) is -0.150. The molecule has 0 fully saturated rings. The number of carbonyl (C=O) groups excluding carboxylic acids is 1. The summed E-state index contributed by atoms with van der Waals surface area (Å²) in [6.45, 7) is 3.65. The molecular weight excluding hydrogens is 476 g/mol. The molecule has 4 aromatic rings. The molecule has 0 bridgehead atoms. The first-order valence-corrected chi connectivity index (χ1v) is 12.8. The van der Waals surface area contributed by atoms with Crippen molar-refractivity contribution in [3.8, 4) is 11.3 Å². The molecule has 0 spiro atoms. The van der Waals surface area contributed by atoms with Gasteiger partial charge in [-0.3, -0.25) is 4.79 Å². The third-order valence-corrected chi connectivity index (χ3v) is 8.43. The number of hydrogen-bond donors (Lipinski definition) is 3. The van der Waals surface area contributed by atoms with E-state index >= 15 is 0 Å². The Kier molecular flexibility index (Phi) is 5.68. The third kappa shape index (κ3) is 3.85. The van der Waals surface area contributed by atoms with Crippen LogP contribution in [0, 0.1) is 5.41 Å². The molecule has 0 radical (unpaired) electrons. The van der Waals surface area contributed by atoms with E-state index < -0.39 is 15.1 Å². The first-order valence-electron chi connectivity index (χ1n) is 11.3. The zero-order valence-corrected chi connectivity index (χ0v) is 20.5. The van der Waals surface area contributed by atoms with Gasteiger partial charge in [-0.2, -0.15) is 0 Å². The fourth-order valence-electron chi connectivity index (χ4n) is 4.19. The van der Waals surface area contributed by atoms with E-state index in [2.05, 4.69) is 9.97 Å². The fraction of sp³-hybridized carbons (Fsp3) is 0.154. The minimum Gasteiger partial charge on any atom is -0.398 e. The molecule has 1 aliphatic rings. The molecule has 0 aliphatic carbocycles. The van der Waals surface area contributed by atoms with Gasteiger partial charge >= 0.3 is 0 Å². The summed E-state index contributed by atoms with van der Waals surface area (Å²) < 4.78 is 24.9. The molecule has 1 aliphatic heterocycles. The summed E-state index contributed by atoms with van der Waals surface area (Å²) in [5, 5.41) is 6.71. The second-order valence-electron chi connectivity index (χ2n) is 8.80. The number of amides is 1. The summed E-state index contributed by atoms with van der Waals surface area (Å²) in [4.78, 5) is 27.4. The van der Waals surface area contributed by atoms with Crippen LogP contribution in [-0.4, -0.2) is 40.7 Å². The molecule has 0 atom stereocenters. The lowest BCUT2D eigenvalue weighted by Crippen LogP contribution is -2.22. The van der Waals surface area contributed by atoms with Crippen LogP contribution in [0.4, 0.5) is 5.69 Å². The van der Waals surface area contributed by atoms with Crippen molar-refractivity contribution < 1.29 is 13.2 Å². The van der Waals surface area contributed by atoms with Crippen LogP contribution in [0.15, 0.2) is 65.8 Å². The number of sulfone groups is 1. The number of rotatable bonds is 6. The van der Waals surface area contributed by atoms with Crippen LogP contribution in [0.5, 0.6) is 0 Å². The van der Waals surface area contributed by atoms with Crippen molar-refractivity contribution in [2.75, 3.05) is 4.90 Å². The molecule has 0 unspecified atom stereocenters. The number of aromatic nitrogens is 3. The third-order valence-electron chi connectivity index (χ3n) is 6.26. The number of fused-ring (bicyclic) bond motifs is 2. The topological polar surface area (TPSA) is 146 Å². The van der Waals surface area contributed by atoms with Crippen LogP contribution in [0.25, 0.3) is 28.1 Å². The number of H-pyrrole nitrogens is 1. The first kappa shape index (κ1) is 23.4. The maximum atomic E-state index is 13.2. The summed E-state index contributed by atoms with van der Waals surface area (Å²) >= 11 is 0. The Hall–Kier alpha value is -4.31. The van der Waals surface area contributed by atoms with Crippen molar-refractivity contribution in [2.24, 2.45) is 5.73 Å². The normalized spacial score (nSPS) is 14.0. The minimum absolute atomic E-state index is 0.150. The predicted octanol–water partition coefficient (Wildman–Crippen LogP) is 3.92. The molecule has 4 N–H and O–H groups in total. The van der Waals surface area contributed by atoms with Gasteiger partial charge in [0.1, 0.15) is 5.52 Å². The Morgan fingerprint density at radius 3 is 2.64 bits per heavy atom. The van der Waals surface area contributed by atoms with Gasteiger partial charge in [-0.1, -0.05) is 18.2 Å². The van der Waals surface area contributed by atoms with Crippen LogP contribution in [0.3, 0.4) is 0 Å². The molecule has 2 aromatic carbocycles. The lowest BCUT2D eigenvalue weighted by atomic mass is 10.0. The number of carbonyl (C=O) groups is 1. The first-order chi connectivity index (χ1) is 17.2. The second-order valence-corrected chi connectivity index (χ2v) is 11.3. The van der Waals surface area contributed by atoms with Crippen molar-refractivity contribution in [3.63, 3.8) is 0 Å². The zero-order valence-electron chi connectivity index (χ0n) is 19.7. The van der Waals surface area contributed by atoms with Gasteiger partial charge in [-0.05, 0) is 55.3 Å². The molecule has 0 saturated carbocycles. The number of benzene rings is 2. The number of nitrogens with zero attached hydrogens (tertiary/aromatic N) is 3. The van der Waals surface area contributed by atoms with Crippen LogP contribution >= 0.6 is 0 Å². The van der Waals surface area contributed by atoms with Gasteiger partial charge in [0.15, 0.2) is 15.5 Å². The molecule has 182 valence electrons. The number of anilines is 1. The smallest absolute Gasteiger partial charge is 0.259 e. The molecule has 9 nitrogen and oxygen atoms in total. The molecule has 2 aromatic heterocycles. The number of nitrogens with two attached hydrogens (primary N) is 1. The lowest BCUT2D eigenvalue weighted by Gasteiger charge is -2.14. The Labute approximate surface area is 208 Å². The standard InChI is InChI=1S/C26H24N6O3S/c1-15(2)36(34,35)19-6-3-16(4-7-19)22-12-29-25-24(31-22)23(13-30-25)32-14-18-11-17(21(28)9-10-27)5-8-20(18)26(32)33/h3-13,15,27H,14,28H2,1-2H3,(H,29,30)/b21-9-,27-10?. The summed E-state index contributed by atoms with van der Waals surface area (Å²) in [6, 6.07) is 11.9. The highest BCUT2D eigenvalue weighted by molar-refractivity contribution is 7.92. The number of nitrogens with one attached hydrogen (secondary N) is 2. The van der Waals surface area contributed by atoms with Crippen molar-refractivity contribution >= 4 is 44.5 Å². The van der Waals surface area contributed by atoms with Crippen molar-refractivity contribution in [2.45, 2.75) is 30.5 Å². The van der Waals surface area contributed by atoms with E-state index in [1.807, 2.05) is 6.07 Å². The molecule has 36 heavy (non-hydrogen) atoms. The molecule has 1 amide bonds. The number of allylic oxidation sites excluding steroid dienone is 1. The van der Waals surface area contributed by atoms with Crippen molar-refractivity contribution in [1.82, 2.24) is 15.0 Å². The van der Waals surface area contributed by atoms with Gasteiger partial charge in [0.05, 0.1) is 34.3 Å². The SMILES string of the molecule is CC(C)S(=O)(=O)c1ccc(-c2cnc3[nH]cc(N4Cc5cc(/C(N)=C/C=N)ccc5C4=O)c3n2)cc1. The summed E-state index contributed by atoms with van der Waals surface area (Å²) in [7, 11) is -3.37. The van der Waals surface area contributed by atoms with E-state index in [-0.39, 0.29) is 10.8 Å². The van der Waals surface area contributed by atoms with E-state index in [0.717, 1.165) is 17.3 Å². The molecule has 5 rings (SSSR count). The Bertz CT molecular complexity index is 1650. The fourth-order valence-corrected chi connectivity index (χ4v) is 5.25. The number of hydrogen-bond acceptors (Lipinski definition) is 7. The number of aromatic amines is 1. The van der Waals surface area contributed by atoms with Gasteiger partial charge in [0.25, 0.3) is 5.91 Å². The molecular formula is C26H24N6O3S. The lowest BCUT2D eigenvalue weighted by molar-refractivity contribution is 0.0997. The van der Waals surface area contributed by atoms with Gasteiger partial charge in [-0.25, -0.2) is 18.4 Å². The zero-order chi connectivity index (χ0) is 25.6. The minimum atomic E-state index is -3.37. The maximum absolute atomic E-state index is 13.2. The van der Waals surface area contributed by atoms with Gasteiger partial charge < -0.3 is 21.0 Å². The summed E-state index contributed by atoms with van der Waals surface area (Å²) in [5.41, 5.74) is 11.6. The van der Waals surface area contributed by atoms with Gasteiger partial charge in [-0.15, -0.1) is 0 Å². The van der Waals surface area contributed by atoms with E-state index in [9.17, 15) is 13.2 Å². The monoisotopic (exact) mass is 500 g/mol. The Morgan fingerprint density at radius 2 is 1.94 bits per heavy atom. The molecule has 10 heteroatoms. The summed E-state index contributed by atoms with van der Waals surface area (Å²) in [6.07, 6.45) is 5.94. The van der Waals surface area contributed by atoms with Crippen LogP contribution in [0.1, 0.15) is 35.3 Å². The van der Waals surface area contributed by atoms with Crippen molar-refractivity contribution in [1.29, 1.82) is 5.41 Å². The highest BCUT2D eigenvalue weighted by atomic mass is 32.2. The van der Waals surface area contributed by atoms with E-state index in [1.54, 1.807) is 67.5 Å². The highest BCUT2D eigenvalue weighted by Gasteiger charge is 2.31. The average Bonchev–Trinajstić information content (AvgIpc) is 3.44. The van der Waals surface area contributed by atoms with Crippen molar-refractivity contribution in [3.05, 3.63) is 77.6 Å². The van der Waals surface area contributed by atoms with Crippen LogP contribution < -0.4 is 10.6 Å². The van der Waals surface area contributed by atoms with E-state index in [4.69, 9.17) is 16.1 Å². The van der Waals surface area contributed by atoms with E-state index in [0.29, 0.717) is 45.9 Å². The Morgan fingerprint density at radius 1 is 1.19 bits per heavy atom. The van der Waals surface area contributed by atoms with Gasteiger partial charge in [0.2, 0.25) is 0 Å². The largest absolute Gasteiger partial charge is 0.398 e. The molecule has 0 saturated heterocycles. The maximum Gasteiger partial charge on any atom is 0.259 e. The van der Waals surface area contributed by atoms with Crippen LogP contribution in [0.2, 0.25) is 0 Å². The van der Waals surface area contributed by atoms with Gasteiger partial charge in [0, 0.05) is 29.2 Å². The Balaban J connectivity index is 1.49. The predicted molar refractivity (Wildman–Crippen MR) is 140 cm³/mol. The van der Waals surface area contributed by atoms with Crippen LogP contribution in [-0.2, 0) is 16.4 Å².